The van der Waals surface area contributed by atoms with E-state index in [4.69, 9.17) is 4.74 Å². The zero-order valence-corrected chi connectivity index (χ0v) is 15.2. The summed E-state index contributed by atoms with van der Waals surface area (Å²) in [6.45, 7) is 3.17. The largest absolute Gasteiger partial charge is 0.378 e. The van der Waals surface area contributed by atoms with Gasteiger partial charge in [0, 0.05) is 0 Å². The Bertz CT molecular complexity index is 546. The summed E-state index contributed by atoms with van der Waals surface area (Å²) in [6, 6.07) is 8.28. The second-order valence-electron chi connectivity index (χ2n) is 7.75. The van der Waals surface area contributed by atoms with Crippen LogP contribution in [0.25, 0.3) is 0 Å². The van der Waals surface area contributed by atoms with Crippen molar-refractivity contribution in [3.63, 3.8) is 0 Å². The van der Waals surface area contributed by atoms with Crippen molar-refractivity contribution in [2.24, 2.45) is 11.8 Å². The lowest BCUT2D eigenvalue weighted by molar-refractivity contribution is -0.0385. The van der Waals surface area contributed by atoms with Gasteiger partial charge in [0.2, 0.25) is 0 Å². The van der Waals surface area contributed by atoms with Crippen LogP contribution in [0.4, 0.5) is 8.78 Å². The third-order valence-electron chi connectivity index (χ3n) is 6.24. The fraction of sp³-hybridized carbons (Fsp3) is 0.636. The predicted octanol–water partition coefficient (Wildman–Crippen LogP) is 6.49. The number of rotatable bonds is 5. The normalized spacial score (nSPS) is 30.0. The van der Waals surface area contributed by atoms with Crippen LogP contribution in [0.1, 0.15) is 68.9 Å². The standard InChI is InChI=1S/C22H30F2O/c1-2-21-13-12-20(15-25-21)19-10-8-18(9-11-19)17-6-3-16(4-7-17)5-14-22(23)24/h3-4,6-7,14,18-21H,2,5,8-13,15H2,1H3. The van der Waals surface area contributed by atoms with E-state index in [2.05, 4.69) is 19.1 Å². The maximum atomic E-state index is 12.2. The van der Waals surface area contributed by atoms with E-state index in [1.165, 1.54) is 44.1 Å². The van der Waals surface area contributed by atoms with Crippen LogP contribution < -0.4 is 0 Å². The molecule has 1 saturated carbocycles. The molecule has 2 fully saturated rings. The van der Waals surface area contributed by atoms with E-state index >= 15 is 0 Å². The number of hydrogen-bond acceptors (Lipinski definition) is 1. The number of hydrogen-bond donors (Lipinski definition) is 0. The highest BCUT2D eigenvalue weighted by atomic mass is 19.3. The van der Waals surface area contributed by atoms with Gasteiger partial charge in [-0.15, -0.1) is 0 Å². The molecular formula is C22H30F2O. The van der Waals surface area contributed by atoms with Gasteiger partial charge in [0.05, 0.1) is 12.7 Å². The van der Waals surface area contributed by atoms with Gasteiger partial charge in [0.25, 0.3) is 6.08 Å². The summed E-state index contributed by atoms with van der Waals surface area (Å²) < 4.78 is 30.3. The Morgan fingerprint density at radius 3 is 2.24 bits per heavy atom. The molecule has 0 radical (unpaired) electrons. The highest BCUT2D eigenvalue weighted by molar-refractivity contribution is 5.27. The molecule has 0 aromatic heterocycles. The predicted molar refractivity (Wildman–Crippen MR) is 97.9 cm³/mol. The lowest BCUT2D eigenvalue weighted by Gasteiger charge is -2.37. The first-order valence-corrected chi connectivity index (χ1v) is 9.87. The molecule has 3 rings (SSSR count). The number of halogens is 2. The molecule has 1 heterocycles. The van der Waals surface area contributed by atoms with Crippen LogP contribution >= 0.6 is 0 Å². The maximum absolute atomic E-state index is 12.2. The van der Waals surface area contributed by atoms with Crippen molar-refractivity contribution in [1.29, 1.82) is 0 Å². The number of ether oxygens (including phenoxy) is 1. The molecule has 0 bridgehead atoms. The zero-order valence-electron chi connectivity index (χ0n) is 15.2. The molecule has 138 valence electrons. The monoisotopic (exact) mass is 348 g/mol. The molecule has 0 amide bonds. The Balaban J connectivity index is 1.48. The zero-order chi connectivity index (χ0) is 17.6. The van der Waals surface area contributed by atoms with Gasteiger partial charge in [-0.3, -0.25) is 0 Å². The van der Waals surface area contributed by atoms with Crippen molar-refractivity contribution in [2.75, 3.05) is 6.61 Å². The SMILES string of the molecule is CCC1CCC(C2CCC(c3ccc(CC=C(F)F)cc3)CC2)CO1. The van der Waals surface area contributed by atoms with Gasteiger partial charge < -0.3 is 4.74 Å². The third kappa shape index (κ3) is 5.13. The van der Waals surface area contributed by atoms with Crippen LogP contribution in [0.5, 0.6) is 0 Å². The van der Waals surface area contributed by atoms with Crippen LogP contribution in [0, 0.1) is 11.8 Å². The van der Waals surface area contributed by atoms with Crippen molar-refractivity contribution < 1.29 is 13.5 Å². The van der Waals surface area contributed by atoms with Crippen LogP contribution in [-0.2, 0) is 11.2 Å². The van der Waals surface area contributed by atoms with Gasteiger partial charge in [-0.2, -0.15) is 8.78 Å². The van der Waals surface area contributed by atoms with Crippen LogP contribution in [0.3, 0.4) is 0 Å². The first-order valence-electron chi connectivity index (χ1n) is 9.87. The van der Waals surface area contributed by atoms with Gasteiger partial charge in [-0.1, -0.05) is 31.2 Å². The average Bonchev–Trinajstić information content (AvgIpc) is 2.67. The molecule has 2 unspecified atom stereocenters. The summed E-state index contributed by atoms with van der Waals surface area (Å²) in [7, 11) is 0. The van der Waals surface area contributed by atoms with Crippen LogP contribution in [0.15, 0.2) is 36.4 Å². The fourth-order valence-corrected chi connectivity index (χ4v) is 4.56. The highest BCUT2D eigenvalue weighted by Gasteiger charge is 2.31. The van der Waals surface area contributed by atoms with Gasteiger partial charge in [-0.05, 0) is 86.3 Å². The Morgan fingerprint density at radius 1 is 1.00 bits per heavy atom. The second kappa shape index (κ2) is 8.93. The molecule has 1 nitrogen and oxygen atoms in total. The van der Waals surface area contributed by atoms with Crippen molar-refractivity contribution in [3.8, 4) is 0 Å². The molecule has 1 saturated heterocycles. The van der Waals surface area contributed by atoms with Crippen molar-refractivity contribution in [3.05, 3.63) is 47.5 Å². The molecule has 1 aromatic rings. The highest BCUT2D eigenvalue weighted by Crippen LogP contribution is 2.41. The minimum absolute atomic E-state index is 0.315. The Hall–Kier alpha value is -1.22. The average molecular weight is 348 g/mol. The molecular weight excluding hydrogens is 318 g/mol. The van der Waals surface area contributed by atoms with E-state index in [0.29, 0.717) is 18.4 Å². The summed E-state index contributed by atoms with van der Waals surface area (Å²) >= 11 is 0. The molecule has 0 spiro atoms. The quantitative estimate of drug-likeness (QED) is 0.591. The molecule has 2 aliphatic rings. The van der Waals surface area contributed by atoms with E-state index in [0.717, 1.165) is 36.5 Å². The molecule has 0 N–H and O–H groups in total. The Morgan fingerprint density at radius 2 is 1.68 bits per heavy atom. The Kier molecular flexibility index (Phi) is 6.63. The molecule has 1 aromatic carbocycles. The first kappa shape index (κ1) is 18.6. The summed E-state index contributed by atoms with van der Waals surface area (Å²) in [5.74, 6) is 2.21. The molecule has 3 heteroatoms. The molecule has 2 atom stereocenters. The molecule has 1 aliphatic heterocycles. The Labute approximate surface area is 150 Å². The van der Waals surface area contributed by atoms with Gasteiger partial charge in [0.15, 0.2) is 0 Å². The third-order valence-corrected chi connectivity index (χ3v) is 6.24. The lowest BCUT2D eigenvalue weighted by atomic mass is 9.72. The second-order valence-corrected chi connectivity index (χ2v) is 7.75. The van der Waals surface area contributed by atoms with E-state index < -0.39 is 6.08 Å². The molecule has 25 heavy (non-hydrogen) atoms. The summed E-state index contributed by atoms with van der Waals surface area (Å²) in [6.07, 6.45) is 8.99. The number of benzene rings is 1. The van der Waals surface area contributed by atoms with Crippen molar-refractivity contribution in [1.82, 2.24) is 0 Å². The smallest absolute Gasteiger partial charge is 0.266 e. The fourth-order valence-electron chi connectivity index (χ4n) is 4.56. The van der Waals surface area contributed by atoms with Crippen LogP contribution in [0.2, 0.25) is 0 Å². The van der Waals surface area contributed by atoms with Gasteiger partial charge >= 0.3 is 0 Å². The van der Waals surface area contributed by atoms with Gasteiger partial charge in [-0.25, -0.2) is 0 Å². The van der Waals surface area contributed by atoms with Crippen molar-refractivity contribution in [2.45, 2.75) is 70.3 Å². The minimum Gasteiger partial charge on any atom is -0.378 e. The number of allylic oxidation sites excluding steroid dienone is 1. The van der Waals surface area contributed by atoms with Crippen LogP contribution in [-0.4, -0.2) is 12.7 Å². The first-order chi connectivity index (χ1) is 12.2. The van der Waals surface area contributed by atoms with E-state index in [1.54, 1.807) is 0 Å². The minimum atomic E-state index is -1.60. The summed E-state index contributed by atoms with van der Waals surface area (Å²) in [4.78, 5) is 0. The molecule has 1 aliphatic carbocycles. The summed E-state index contributed by atoms with van der Waals surface area (Å²) in [5.41, 5.74) is 2.33. The maximum Gasteiger partial charge on any atom is 0.266 e. The van der Waals surface area contributed by atoms with Crippen molar-refractivity contribution >= 4 is 0 Å². The lowest BCUT2D eigenvalue weighted by Crippen LogP contribution is -2.32. The topological polar surface area (TPSA) is 9.23 Å². The van der Waals surface area contributed by atoms with E-state index in [1.807, 2.05) is 12.1 Å². The summed E-state index contributed by atoms with van der Waals surface area (Å²) in [5, 5.41) is 0. The van der Waals surface area contributed by atoms with Gasteiger partial charge in [0.1, 0.15) is 0 Å². The van der Waals surface area contributed by atoms with E-state index in [-0.39, 0.29) is 0 Å². The van der Waals surface area contributed by atoms with E-state index in [9.17, 15) is 8.78 Å².